The molecule has 1 heterocycles. The molecule has 1 saturated heterocycles. The molecule has 0 radical (unpaired) electrons. The maximum Gasteiger partial charge on any atom is 0.254 e. The Morgan fingerprint density at radius 3 is 2.56 bits per heavy atom. The summed E-state index contributed by atoms with van der Waals surface area (Å²) in [6.45, 7) is 5.03. The van der Waals surface area contributed by atoms with E-state index in [9.17, 15) is 9.90 Å². The van der Waals surface area contributed by atoms with Gasteiger partial charge in [-0.25, -0.2) is 0 Å². The largest absolute Gasteiger partial charge is 0.506 e. The fraction of sp³-hybridized carbons (Fsp3) is 0.462. The zero-order chi connectivity index (χ0) is 13.3. The van der Waals surface area contributed by atoms with Gasteiger partial charge in [-0.2, -0.15) is 0 Å². The molecule has 0 saturated carbocycles. The van der Waals surface area contributed by atoms with E-state index in [2.05, 4.69) is 0 Å². The highest BCUT2D eigenvalue weighted by atomic mass is 35.5. The normalized spacial score (nSPS) is 24.1. The van der Waals surface area contributed by atoms with E-state index in [-0.39, 0.29) is 28.9 Å². The van der Waals surface area contributed by atoms with Gasteiger partial charge in [-0.1, -0.05) is 11.6 Å². The zero-order valence-corrected chi connectivity index (χ0v) is 11.1. The van der Waals surface area contributed by atoms with Crippen molar-refractivity contribution in [2.45, 2.75) is 26.1 Å². The first kappa shape index (κ1) is 13.2. The Morgan fingerprint density at radius 2 is 2.00 bits per heavy atom. The molecule has 2 atom stereocenters. The summed E-state index contributed by atoms with van der Waals surface area (Å²) < 4.78 is 5.59. The van der Waals surface area contributed by atoms with Gasteiger partial charge in [0.2, 0.25) is 0 Å². The third-order valence-corrected chi connectivity index (χ3v) is 3.20. The minimum atomic E-state index is -0.0844. The molecule has 4 nitrogen and oxygen atoms in total. The first-order valence-corrected chi connectivity index (χ1v) is 6.28. The van der Waals surface area contributed by atoms with Crippen molar-refractivity contribution >= 4 is 17.5 Å². The number of phenolic OH excluding ortho intramolecular Hbond substituents is 1. The van der Waals surface area contributed by atoms with Crippen LogP contribution in [-0.2, 0) is 4.74 Å². The number of rotatable bonds is 1. The van der Waals surface area contributed by atoms with Crippen molar-refractivity contribution in [2.75, 3.05) is 13.1 Å². The Kier molecular flexibility index (Phi) is 3.78. The summed E-state index contributed by atoms with van der Waals surface area (Å²) >= 11 is 5.81. The highest BCUT2D eigenvalue weighted by molar-refractivity contribution is 6.32. The van der Waals surface area contributed by atoms with Crippen LogP contribution in [0.1, 0.15) is 24.2 Å². The lowest BCUT2D eigenvalue weighted by Gasteiger charge is -2.35. The molecule has 1 aliphatic heterocycles. The highest BCUT2D eigenvalue weighted by Crippen LogP contribution is 2.25. The maximum atomic E-state index is 12.3. The van der Waals surface area contributed by atoms with E-state index in [1.54, 1.807) is 11.0 Å². The van der Waals surface area contributed by atoms with Crippen LogP contribution in [0.5, 0.6) is 5.75 Å². The monoisotopic (exact) mass is 269 g/mol. The van der Waals surface area contributed by atoms with Gasteiger partial charge in [0, 0.05) is 18.7 Å². The van der Waals surface area contributed by atoms with Crippen molar-refractivity contribution in [1.29, 1.82) is 0 Å². The van der Waals surface area contributed by atoms with Crippen molar-refractivity contribution < 1.29 is 14.6 Å². The Morgan fingerprint density at radius 1 is 1.39 bits per heavy atom. The van der Waals surface area contributed by atoms with Crippen LogP contribution >= 0.6 is 11.6 Å². The number of ether oxygens (including phenoxy) is 1. The highest BCUT2D eigenvalue weighted by Gasteiger charge is 2.26. The number of hydrogen-bond donors (Lipinski definition) is 1. The van der Waals surface area contributed by atoms with Crippen molar-refractivity contribution in [1.82, 2.24) is 4.90 Å². The molecular formula is C13H16ClNO3. The average molecular weight is 270 g/mol. The molecule has 98 valence electrons. The molecule has 0 aliphatic carbocycles. The average Bonchev–Trinajstić information content (AvgIpc) is 2.30. The standard InChI is InChI=1S/C13H16ClNO3/c1-8-6-15(7-9(2)18-8)13(17)10-3-4-12(16)11(14)5-10/h3-5,8-9,16H,6-7H2,1-2H3. The molecule has 1 aromatic carbocycles. The van der Waals surface area contributed by atoms with Gasteiger partial charge in [-0.15, -0.1) is 0 Å². The Bertz CT molecular complexity index is 454. The first-order chi connectivity index (χ1) is 8.47. The van der Waals surface area contributed by atoms with Gasteiger partial charge in [-0.05, 0) is 32.0 Å². The van der Waals surface area contributed by atoms with Gasteiger partial charge in [0.25, 0.3) is 5.91 Å². The van der Waals surface area contributed by atoms with Crippen LogP contribution in [-0.4, -0.2) is 41.2 Å². The van der Waals surface area contributed by atoms with E-state index in [1.165, 1.54) is 12.1 Å². The third kappa shape index (κ3) is 2.76. The van der Waals surface area contributed by atoms with Crippen molar-refractivity contribution in [3.05, 3.63) is 28.8 Å². The first-order valence-electron chi connectivity index (χ1n) is 5.90. The van der Waals surface area contributed by atoms with Crippen LogP contribution in [0.15, 0.2) is 18.2 Å². The van der Waals surface area contributed by atoms with E-state index in [4.69, 9.17) is 16.3 Å². The van der Waals surface area contributed by atoms with Crippen LogP contribution in [0.2, 0.25) is 5.02 Å². The number of carbonyl (C=O) groups excluding carboxylic acids is 1. The summed E-state index contributed by atoms with van der Waals surface area (Å²) in [6.07, 6.45) is 0.0653. The number of carbonyl (C=O) groups is 1. The number of phenols is 1. The number of hydrogen-bond acceptors (Lipinski definition) is 3. The van der Waals surface area contributed by atoms with Crippen molar-refractivity contribution in [2.24, 2.45) is 0 Å². The number of nitrogens with zero attached hydrogens (tertiary/aromatic N) is 1. The molecule has 1 fully saturated rings. The molecule has 1 N–H and O–H groups in total. The van der Waals surface area contributed by atoms with Gasteiger partial charge in [0.15, 0.2) is 0 Å². The van der Waals surface area contributed by atoms with E-state index in [0.29, 0.717) is 18.7 Å². The summed E-state index contributed by atoms with van der Waals surface area (Å²) in [6, 6.07) is 4.50. The summed E-state index contributed by atoms with van der Waals surface area (Å²) in [5, 5.41) is 9.53. The second-order valence-corrected chi connectivity index (χ2v) is 5.04. The number of amides is 1. The number of benzene rings is 1. The van der Waals surface area contributed by atoms with Crippen molar-refractivity contribution in [3.63, 3.8) is 0 Å². The fourth-order valence-electron chi connectivity index (χ4n) is 2.17. The molecule has 5 heteroatoms. The third-order valence-electron chi connectivity index (χ3n) is 2.90. The molecule has 18 heavy (non-hydrogen) atoms. The molecule has 0 aromatic heterocycles. The molecule has 2 unspecified atom stereocenters. The number of aromatic hydroxyl groups is 1. The Balaban J connectivity index is 2.17. The van der Waals surface area contributed by atoms with Crippen LogP contribution < -0.4 is 0 Å². The molecule has 0 bridgehead atoms. The molecule has 1 amide bonds. The van der Waals surface area contributed by atoms with Crippen molar-refractivity contribution in [3.8, 4) is 5.75 Å². The van der Waals surface area contributed by atoms with Crippen LogP contribution in [0.25, 0.3) is 0 Å². The van der Waals surface area contributed by atoms with Gasteiger partial charge in [0.05, 0.1) is 17.2 Å². The fourth-order valence-corrected chi connectivity index (χ4v) is 2.35. The number of halogens is 1. The van der Waals surface area contributed by atoms with E-state index in [0.717, 1.165) is 0 Å². The predicted molar refractivity (Wildman–Crippen MR) is 69.0 cm³/mol. The Hall–Kier alpha value is -1.26. The molecule has 1 aliphatic rings. The van der Waals surface area contributed by atoms with E-state index < -0.39 is 0 Å². The maximum absolute atomic E-state index is 12.3. The van der Waals surface area contributed by atoms with Gasteiger partial charge < -0.3 is 14.7 Å². The minimum absolute atomic E-state index is 0.0167. The predicted octanol–water partition coefficient (Wildman–Crippen LogP) is 2.29. The molecule has 1 aromatic rings. The summed E-state index contributed by atoms with van der Waals surface area (Å²) in [5.74, 6) is -0.101. The number of morpholine rings is 1. The van der Waals surface area contributed by atoms with Crippen LogP contribution in [0.3, 0.4) is 0 Å². The Labute approximate surface area is 111 Å². The molecule has 2 rings (SSSR count). The SMILES string of the molecule is CC1CN(C(=O)c2ccc(O)c(Cl)c2)CC(C)O1. The topological polar surface area (TPSA) is 49.8 Å². The van der Waals surface area contributed by atoms with Crippen LogP contribution in [0, 0.1) is 0 Å². The summed E-state index contributed by atoms with van der Waals surface area (Å²) in [7, 11) is 0. The lowest BCUT2D eigenvalue weighted by atomic mass is 10.1. The smallest absolute Gasteiger partial charge is 0.254 e. The minimum Gasteiger partial charge on any atom is -0.506 e. The van der Waals surface area contributed by atoms with Gasteiger partial charge >= 0.3 is 0 Å². The van der Waals surface area contributed by atoms with Gasteiger partial charge in [-0.3, -0.25) is 4.79 Å². The zero-order valence-electron chi connectivity index (χ0n) is 10.4. The second-order valence-electron chi connectivity index (χ2n) is 4.63. The summed E-state index contributed by atoms with van der Waals surface area (Å²) in [5.41, 5.74) is 0.485. The summed E-state index contributed by atoms with van der Waals surface area (Å²) in [4.78, 5) is 14.0. The lowest BCUT2D eigenvalue weighted by molar-refractivity contribution is -0.0586. The quantitative estimate of drug-likeness (QED) is 0.851. The van der Waals surface area contributed by atoms with E-state index >= 15 is 0 Å². The van der Waals surface area contributed by atoms with Gasteiger partial charge in [0.1, 0.15) is 5.75 Å². The molecule has 0 spiro atoms. The van der Waals surface area contributed by atoms with Crippen LogP contribution in [0.4, 0.5) is 0 Å². The van der Waals surface area contributed by atoms with E-state index in [1.807, 2.05) is 13.8 Å². The molecular weight excluding hydrogens is 254 g/mol. The second kappa shape index (κ2) is 5.16. The lowest BCUT2D eigenvalue weighted by Crippen LogP contribution is -2.48.